The van der Waals surface area contributed by atoms with Gasteiger partial charge in [0.15, 0.2) is 0 Å². The van der Waals surface area contributed by atoms with E-state index in [4.69, 9.17) is 4.74 Å². The molecule has 0 aliphatic carbocycles. The summed E-state index contributed by atoms with van der Waals surface area (Å²) in [5.41, 5.74) is 0.540. The Hall–Kier alpha value is -0.630. The Morgan fingerprint density at radius 2 is 2.18 bits per heavy atom. The van der Waals surface area contributed by atoms with Crippen molar-refractivity contribution in [3.8, 4) is 0 Å². The van der Waals surface area contributed by atoms with Crippen LogP contribution in [0.1, 0.15) is 52.9 Å². The zero-order chi connectivity index (χ0) is 12.7. The Balaban J connectivity index is 2.25. The molecule has 1 unspecified atom stereocenters. The molecular formula is C14H24NO2. The molecule has 3 heteroatoms. The molecule has 1 heterocycles. The van der Waals surface area contributed by atoms with Gasteiger partial charge in [-0.05, 0) is 46.5 Å². The molecule has 1 rings (SSSR count). The average molecular weight is 238 g/mol. The average Bonchev–Trinajstić information content (AvgIpc) is 2.29. The Kier molecular flexibility index (Phi) is 5.90. The van der Waals surface area contributed by atoms with Gasteiger partial charge in [-0.25, -0.2) is 10.1 Å². The molecule has 0 N–H and O–H groups in total. The lowest BCUT2D eigenvalue weighted by Crippen LogP contribution is -2.28. The summed E-state index contributed by atoms with van der Waals surface area (Å²) in [6.07, 6.45) is 5.41. The minimum Gasteiger partial charge on any atom is -0.371 e. The fourth-order valence-corrected chi connectivity index (χ4v) is 1.89. The van der Waals surface area contributed by atoms with E-state index in [1.807, 2.05) is 26.7 Å². The summed E-state index contributed by atoms with van der Waals surface area (Å²) in [5.74, 6) is 2.01. The number of hydrogen-bond acceptors (Lipinski definition) is 2. The topological polar surface area (TPSA) is 40.4 Å². The molecule has 0 amide bonds. The first kappa shape index (κ1) is 14.4. The van der Waals surface area contributed by atoms with Crippen LogP contribution in [0, 0.1) is 0 Å². The molecule has 0 saturated carbocycles. The molecule has 0 aromatic rings. The van der Waals surface area contributed by atoms with Crippen molar-refractivity contribution < 1.29 is 9.53 Å². The van der Waals surface area contributed by atoms with E-state index >= 15 is 0 Å². The van der Waals surface area contributed by atoms with Crippen molar-refractivity contribution in [2.75, 3.05) is 13.2 Å². The highest BCUT2D eigenvalue weighted by Crippen LogP contribution is 2.17. The van der Waals surface area contributed by atoms with Crippen LogP contribution in [0.25, 0.3) is 0 Å². The molecule has 0 spiro atoms. The monoisotopic (exact) mass is 238 g/mol. The van der Waals surface area contributed by atoms with Crippen molar-refractivity contribution in [1.29, 1.82) is 0 Å². The molecule has 97 valence electrons. The third-order valence-corrected chi connectivity index (χ3v) is 2.94. The fraction of sp³-hybridized carbons (Fsp3) is 0.857. The highest BCUT2D eigenvalue weighted by Gasteiger charge is 2.16. The van der Waals surface area contributed by atoms with Gasteiger partial charge in [0.25, 0.3) is 0 Å². The SMILES string of the molecule is CC(C)(C)OCC(=C=O)CCC1CCCC[N]1. The van der Waals surface area contributed by atoms with Crippen LogP contribution in [-0.4, -0.2) is 30.7 Å². The number of carbonyl (C=O) groups excluding carboxylic acids is 1. The quantitative estimate of drug-likeness (QED) is 0.690. The normalized spacial score (nSPS) is 21.0. The largest absolute Gasteiger partial charge is 0.371 e. The zero-order valence-electron chi connectivity index (χ0n) is 11.3. The van der Waals surface area contributed by atoms with E-state index in [0.29, 0.717) is 12.6 Å². The second kappa shape index (κ2) is 6.95. The van der Waals surface area contributed by atoms with Crippen LogP contribution >= 0.6 is 0 Å². The second-order valence-electron chi connectivity index (χ2n) is 5.70. The summed E-state index contributed by atoms with van der Waals surface area (Å²) in [4.78, 5) is 10.8. The van der Waals surface area contributed by atoms with Crippen molar-refractivity contribution in [2.24, 2.45) is 0 Å². The van der Waals surface area contributed by atoms with Crippen LogP contribution in [0.2, 0.25) is 0 Å². The number of piperidine rings is 1. The first-order valence-electron chi connectivity index (χ1n) is 6.54. The van der Waals surface area contributed by atoms with Gasteiger partial charge in [-0.1, -0.05) is 6.42 Å². The maximum atomic E-state index is 10.8. The van der Waals surface area contributed by atoms with E-state index in [0.717, 1.165) is 25.0 Å². The van der Waals surface area contributed by atoms with E-state index in [-0.39, 0.29) is 5.60 Å². The molecule has 0 bridgehead atoms. The molecule has 1 radical (unpaired) electrons. The minimum absolute atomic E-state index is 0.197. The molecule has 0 aromatic heterocycles. The molecule has 1 aliphatic heterocycles. The van der Waals surface area contributed by atoms with Crippen molar-refractivity contribution in [1.82, 2.24) is 5.32 Å². The molecule has 1 saturated heterocycles. The molecule has 1 aliphatic rings. The predicted molar refractivity (Wildman–Crippen MR) is 68.8 cm³/mol. The van der Waals surface area contributed by atoms with E-state index in [1.165, 1.54) is 19.3 Å². The Labute approximate surface area is 105 Å². The maximum absolute atomic E-state index is 10.8. The lowest BCUT2D eigenvalue weighted by molar-refractivity contribution is 0.0104. The molecule has 17 heavy (non-hydrogen) atoms. The summed E-state index contributed by atoms with van der Waals surface area (Å²) >= 11 is 0. The van der Waals surface area contributed by atoms with Gasteiger partial charge in [0.2, 0.25) is 0 Å². The van der Waals surface area contributed by atoms with Gasteiger partial charge in [0.05, 0.1) is 12.2 Å². The van der Waals surface area contributed by atoms with Gasteiger partial charge in [0, 0.05) is 18.2 Å². The third kappa shape index (κ3) is 6.62. The Morgan fingerprint density at radius 3 is 2.71 bits per heavy atom. The molecule has 0 aromatic carbocycles. The van der Waals surface area contributed by atoms with Gasteiger partial charge in [0.1, 0.15) is 5.94 Å². The van der Waals surface area contributed by atoms with Gasteiger partial charge < -0.3 is 4.74 Å². The van der Waals surface area contributed by atoms with Crippen LogP contribution in [0.5, 0.6) is 0 Å². The standard InChI is InChI=1S/C14H24NO2/c1-14(2,3)17-11-12(10-16)7-8-13-6-4-5-9-15-13/h13H,4-9,11H2,1-3H3. The van der Waals surface area contributed by atoms with E-state index < -0.39 is 0 Å². The van der Waals surface area contributed by atoms with Crippen LogP contribution in [0.4, 0.5) is 0 Å². The first-order valence-corrected chi connectivity index (χ1v) is 6.54. The smallest absolute Gasteiger partial charge is 0.125 e. The molecule has 1 atom stereocenters. The van der Waals surface area contributed by atoms with Crippen molar-refractivity contribution in [2.45, 2.75) is 64.5 Å². The zero-order valence-corrected chi connectivity index (χ0v) is 11.3. The van der Waals surface area contributed by atoms with Crippen molar-refractivity contribution in [3.05, 3.63) is 5.57 Å². The lowest BCUT2D eigenvalue weighted by atomic mass is 9.98. The molecule has 3 nitrogen and oxygen atoms in total. The number of rotatable bonds is 5. The van der Waals surface area contributed by atoms with Crippen molar-refractivity contribution >= 4 is 5.94 Å². The van der Waals surface area contributed by atoms with Gasteiger partial charge in [-0.3, -0.25) is 0 Å². The number of hydrogen-bond donors (Lipinski definition) is 0. The minimum atomic E-state index is -0.197. The van der Waals surface area contributed by atoms with Crippen molar-refractivity contribution in [3.63, 3.8) is 0 Å². The van der Waals surface area contributed by atoms with E-state index in [2.05, 4.69) is 5.32 Å². The van der Waals surface area contributed by atoms with E-state index in [9.17, 15) is 4.79 Å². The number of nitrogens with zero attached hydrogens (tertiary/aromatic N) is 1. The van der Waals surface area contributed by atoms with E-state index in [1.54, 1.807) is 0 Å². The van der Waals surface area contributed by atoms with Crippen LogP contribution in [0.15, 0.2) is 5.57 Å². The Morgan fingerprint density at radius 1 is 1.41 bits per heavy atom. The van der Waals surface area contributed by atoms with Crippen LogP contribution in [0.3, 0.4) is 0 Å². The summed E-state index contributed by atoms with van der Waals surface area (Å²) in [5, 5.41) is 4.56. The summed E-state index contributed by atoms with van der Waals surface area (Å²) < 4.78 is 5.59. The van der Waals surface area contributed by atoms with Gasteiger partial charge >= 0.3 is 0 Å². The summed E-state index contributed by atoms with van der Waals surface area (Å²) in [6.45, 7) is 7.37. The highest BCUT2D eigenvalue weighted by molar-refractivity contribution is 5.52. The lowest BCUT2D eigenvalue weighted by Gasteiger charge is -2.22. The van der Waals surface area contributed by atoms with Gasteiger partial charge in [-0.15, -0.1) is 0 Å². The van der Waals surface area contributed by atoms with Crippen LogP contribution in [-0.2, 0) is 9.53 Å². The summed E-state index contributed by atoms with van der Waals surface area (Å²) in [6, 6.07) is 0.446. The first-order chi connectivity index (χ1) is 8.01. The molecular weight excluding hydrogens is 214 g/mol. The fourth-order valence-electron chi connectivity index (χ4n) is 1.89. The Bertz CT molecular complexity index is 268. The third-order valence-electron chi connectivity index (χ3n) is 2.94. The predicted octanol–water partition coefficient (Wildman–Crippen LogP) is 2.50. The second-order valence-corrected chi connectivity index (χ2v) is 5.70. The molecule has 1 fully saturated rings. The van der Waals surface area contributed by atoms with Crippen LogP contribution < -0.4 is 5.32 Å². The number of ether oxygens (including phenoxy) is 1. The summed E-state index contributed by atoms with van der Waals surface area (Å²) in [7, 11) is 0. The highest BCUT2D eigenvalue weighted by atomic mass is 16.5. The van der Waals surface area contributed by atoms with Gasteiger partial charge in [-0.2, -0.15) is 0 Å². The maximum Gasteiger partial charge on any atom is 0.125 e.